The minimum Gasteiger partial charge on any atom is -0.280 e. The van der Waals surface area contributed by atoms with Crippen LogP contribution in [0.4, 0.5) is 11.4 Å². The van der Waals surface area contributed by atoms with Crippen molar-refractivity contribution < 1.29 is 16.8 Å². The van der Waals surface area contributed by atoms with Gasteiger partial charge in [0.15, 0.2) is 0 Å². The van der Waals surface area contributed by atoms with E-state index in [1.165, 1.54) is 30.3 Å². The average Bonchev–Trinajstić information content (AvgIpc) is 2.62. The minimum atomic E-state index is -3.90. The summed E-state index contributed by atoms with van der Waals surface area (Å²) in [5, 5.41) is 0.110. The van der Waals surface area contributed by atoms with Crippen LogP contribution >= 0.6 is 11.6 Å². The highest BCUT2D eigenvalue weighted by molar-refractivity contribution is 7.93. The van der Waals surface area contributed by atoms with E-state index in [2.05, 4.69) is 9.44 Å². The fourth-order valence-corrected chi connectivity index (χ4v) is 5.17. The van der Waals surface area contributed by atoms with Crippen molar-refractivity contribution in [1.82, 2.24) is 0 Å². The maximum atomic E-state index is 12.5. The standard InChI is InChI=1S/C19H17ClN2O4S2/c1-14-7-12-19(18(20)13-14)28(25,26)22-16-8-10-17(11-9-16)27(23,24)21-15-5-3-2-4-6-15/h2-13,21-22H,1H3. The first-order chi connectivity index (χ1) is 13.2. The summed E-state index contributed by atoms with van der Waals surface area (Å²) in [4.78, 5) is -0.0464. The Kier molecular flexibility index (Phi) is 5.64. The number of rotatable bonds is 6. The number of aryl methyl sites for hydroxylation is 1. The molecule has 0 spiro atoms. The van der Waals surface area contributed by atoms with Gasteiger partial charge in [0.1, 0.15) is 4.90 Å². The molecule has 3 aromatic carbocycles. The smallest absolute Gasteiger partial charge is 0.263 e. The zero-order valence-electron chi connectivity index (χ0n) is 14.8. The molecule has 0 fully saturated rings. The molecule has 0 aromatic heterocycles. The van der Waals surface area contributed by atoms with E-state index in [1.807, 2.05) is 0 Å². The second kappa shape index (κ2) is 7.83. The molecule has 0 radical (unpaired) electrons. The van der Waals surface area contributed by atoms with Gasteiger partial charge in [-0.2, -0.15) is 0 Å². The normalized spacial score (nSPS) is 11.8. The molecule has 146 valence electrons. The highest BCUT2D eigenvalue weighted by Crippen LogP contribution is 2.25. The Hall–Kier alpha value is -2.55. The summed E-state index contributed by atoms with van der Waals surface area (Å²) < 4.78 is 54.8. The van der Waals surface area contributed by atoms with Gasteiger partial charge in [-0.1, -0.05) is 35.9 Å². The van der Waals surface area contributed by atoms with Crippen LogP contribution in [0.3, 0.4) is 0 Å². The lowest BCUT2D eigenvalue weighted by atomic mass is 10.2. The summed E-state index contributed by atoms with van der Waals surface area (Å²) in [7, 11) is -7.69. The van der Waals surface area contributed by atoms with Crippen molar-refractivity contribution in [2.45, 2.75) is 16.7 Å². The Labute approximate surface area is 169 Å². The Morgan fingerprint density at radius 3 is 1.89 bits per heavy atom. The number of nitrogens with one attached hydrogen (secondary N) is 2. The summed E-state index contributed by atoms with van der Waals surface area (Å²) in [5.41, 5.74) is 1.49. The van der Waals surface area contributed by atoms with Crippen LogP contribution in [0.5, 0.6) is 0 Å². The topological polar surface area (TPSA) is 92.3 Å². The predicted molar refractivity (Wildman–Crippen MR) is 111 cm³/mol. The molecule has 0 bridgehead atoms. The number of anilines is 2. The van der Waals surface area contributed by atoms with Crippen LogP contribution < -0.4 is 9.44 Å². The van der Waals surface area contributed by atoms with Gasteiger partial charge >= 0.3 is 0 Å². The summed E-state index contributed by atoms with van der Waals surface area (Å²) in [6, 6.07) is 18.5. The Bertz CT molecular complexity index is 1190. The van der Waals surface area contributed by atoms with Crippen LogP contribution in [0.25, 0.3) is 0 Å². The molecular formula is C19H17ClN2O4S2. The fraction of sp³-hybridized carbons (Fsp3) is 0.0526. The predicted octanol–water partition coefficient (Wildman–Crippen LogP) is 4.25. The largest absolute Gasteiger partial charge is 0.280 e. The molecule has 0 saturated heterocycles. The molecule has 0 amide bonds. The van der Waals surface area contributed by atoms with E-state index >= 15 is 0 Å². The van der Waals surface area contributed by atoms with Crippen molar-refractivity contribution in [2.24, 2.45) is 0 Å². The molecule has 28 heavy (non-hydrogen) atoms. The molecule has 0 unspecified atom stereocenters. The van der Waals surface area contributed by atoms with Crippen LogP contribution in [0.1, 0.15) is 5.56 Å². The van der Waals surface area contributed by atoms with Crippen LogP contribution in [-0.4, -0.2) is 16.8 Å². The number of sulfonamides is 2. The molecule has 0 atom stereocenters. The average molecular weight is 437 g/mol. The molecule has 9 heteroatoms. The number of halogens is 1. The van der Waals surface area contributed by atoms with E-state index < -0.39 is 20.0 Å². The maximum absolute atomic E-state index is 12.5. The molecular weight excluding hydrogens is 420 g/mol. The lowest BCUT2D eigenvalue weighted by Crippen LogP contribution is -2.15. The number of benzene rings is 3. The van der Waals surface area contributed by atoms with Crippen molar-refractivity contribution in [3.05, 3.63) is 83.4 Å². The quantitative estimate of drug-likeness (QED) is 0.604. The number of hydrogen-bond acceptors (Lipinski definition) is 4. The number of para-hydroxylation sites is 1. The van der Waals surface area contributed by atoms with Crippen molar-refractivity contribution >= 4 is 43.0 Å². The van der Waals surface area contributed by atoms with Gasteiger partial charge in [0.25, 0.3) is 20.0 Å². The third kappa shape index (κ3) is 4.64. The summed E-state index contributed by atoms with van der Waals surface area (Å²) in [6.07, 6.45) is 0. The van der Waals surface area contributed by atoms with Gasteiger partial charge in [-0.25, -0.2) is 16.8 Å². The third-order valence-corrected chi connectivity index (χ3v) is 7.08. The van der Waals surface area contributed by atoms with E-state index in [1.54, 1.807) is 49.4 Å². The molecule has 0 aliphatic heterocycles. The van der Waals surface area contributed by atoms with Crippen molar-refractivity contribution in [1.29, 1.82) is 0 Å². The summed E-state index contributed by atoms with van der Waals surface area (Å²) in [6.45, 7) is 1.80. The van der Waals surface area contributed by atoms with Gasteiger partial charge in [-0.3, -0.25) is 9.44 Å². The molecule has 0 heterocycles. The lowest BCUT2D eigenvalue weighted by Gasteiger charge is -2.11. The van der Waals surface area contributed by atoms with Crippen LogP contribution in [0, 0.1) is 6.92 Å². The Balaban J connectivity index is 1.81. The zero-order chi connectivity index (χ0) is 20.4. The van der Waals surface area contributed by atoms with Crippen LogP contribution in [0.15, 0.2) is 82.6 Å². The monoisotopic (exact) mass is 436 g/mol. The Morgan fingerprint density at radius 2 is 1.29 bits per heavy atom. The minimum absolute atomic E-state index is 0.00710. The molecule has 0 aliphatic carbocycles. The fourth-order valence-electron chi connectivity index (χ4n) is 2.46. The molecule has 6 nitrogen and oxygen atoms in total. The van der Waals surface area contributed by atoms with Gasteiger partial charge in [-0.05, 0) is 61.0 Å². The van der Waals surface area contributed by atoms with Crippen molar-refractivity contribution in [2.75, 3.05) is 9.44 Å². The highest BCUT2D eigenvalue weighted by atomic mass is 35.5. The second-order valence-electron chi connectivity index (χ2n) is 6.04. The lowest BCUT2D eigenvalue weighted by molar-refractivity contribution is 0.600. The summed E-state index contributed by atoms with van der Waals surface area (Å²) in [5.74, 6) is 0. The van der Waals surface area contributed by atoms with E-state index in [0.717, 1.165) is 5.56 Å². The van der Waals surface area contributed by atoms with E-state index in [9.17, 15) is 16.8 Å². The first-order valence-electron chi connectivity index (χ1n) is 8.14. The third-order valence-electron chi connectivity index (χ3n) is 3.82. The molecule has 3 aromatic rings. The molecule has 2 N–H and O–H groups in total. The number of hydrogen-bond donors (Lipinski definition) is 2. The second-order valence-corrected chi connectivity index (χ2v) is 9.78. The van der Waals surface area contributed by atoms with Gasteiger partial charge < -0.3 is 0 Å². The van der Waals surface area contributed by atoms with Crippen molar-refractivity contribution in [3.8, 4) is 0 Å². The summed E-state index contributed by atoms with van der Waals surface area (Å²) >= 11 is 6.04. The van der Waals surface area contributed by atoms with E-state index in [4.69, 9.17) is 11.6 Å². The van der Waals surface area contributed by atoms with Crippen LogP contribution in [-0.2, 0) is 20.0 Å². The molecule has 0 aliphatic rings. The SMILES string of the molecule is Cc1ccc(S(=O)(=O)Nc2ccc(S(=O)(=O)Nc3ccccc3)cc2)c(Cl)c1. The van der Waals surface area contributed by atoms with Gasteiger partial charge in [-0.15, -0.1) is 0 Å². The van der Waals surface area contributed by atoms with Gasteiger partial charge in [0.05, 0.1) is 9.92 Å². The zero-order valence-corrected chi connectivity index (χ0v) is 17.1. The van der Waals surface area contributed by atoms with Crippen LogP contribution in [0.2, 0.25) is 5.02 Å². The highest BCUT2D eigenvalue weighted by Gasteiger charge is 2.19. The van der Waals surface area contributed by atoms with E-state index in [0.29, 0.717) is 5.69 Å². The maximum Gasteiger partial charge on any atom is 0.263 e. The molecule has 0 saturated carbocycles. The van der Waals surface area contributed by atoms with E-state index in [-0.39, 0.29) is 20.5 Å². The van der Waals surface area contributed by atoms with Crippen molar-refractivity contribution in [3.63, 3.8) is 0 Å². The van der Waals surface area contributed by atoms with Gasteiger partial charge in [0.2, 0.25) is 0 Å². The first kappa shape index (κ1) is 20.2. The van der Waals surface area contributed by atoms with Gasteiger partial charge in [0, 0.05) is 11.4 Å². The Morgan fingerprint density at radius 1 is 0.714 bits per heavy atom. The molecule has 3 rings (SSSR count). The first-order valence-corrected chi connectivity index (χ1v) is 11.5.